The van der Waals surface area contributed by atoms with E-state index in [0.29, 0.717) is 17.4 Å². The number of carbonyl (C=O) groups excluding carboxylic acids is 4. The normalized spacial score (nSPS) is 20.5. The Morgan fingerprint density at radius 1 is 1.25 bits per heavy atom. The van der Waals surface area contributed by atoms with Crippen molar-refractivity contribution in [2.45, 2.75) is 26.1 Å². The van der Waals surface area contributed by atoms with E-state index in [9.17, 15) is 14.4 Å². The van der Waals surface area contributed by atoms with E-state index in [4.69, 9.17) is 25.9 Å². The topological polar surface area (TPSA) is 126 Å². The Morgan fingerprint density at radius 2 is 1.67 bits per heavy atom. The molecule has 1 N–H and O–H groups in total. The number of rotatable bonds is 3. The van der Waals surface area contributed by atoms with Crippen molar-refractivity contribution in [1.29, 1.82) is 0 Å². The molecule has 2 fully saturated rings. The summed E-state index contributed by atoms with van der Waals surface area (Å²) in [5.41, 5.74) is 0. The van der Waals surface area contributed by atoms with Gasteiger partial charge in [-0.05, 0) is 23.5 Å². The maximum absolute atomic E-state index is 10.5. The number of cyclic esters (lactones) is 2. The molecule has 2 aliphatic heterocycles. The largest absolute Gasteiger partial charge is 1.00 e. The first-order chi connectivity index (χ1) is 10.4. The van der Waals surface area contributed by atoms with Crippen LogP contribution in [0.2, 0.25) is 0 Å². The van der Waals surface area contributed by atoms with Crippen LogP contribution >= 0.6 is 35.1 Å². The molecule has 2 atom stereocenters. The van der Waals surface area contributed by atoms with Gasteiger partial charge in [-0.25, -0.2) is 9.59 Å². The van der Waals surface area contributed by atoms with Gasteiger partial charge in [0.25, 0.3) is 0 Å². The molecule has 2 heterocycles. The number of carbonyl (C=O) groups is 3. The van der Waals surface area contributed by atoms with Crippen LogP contribution in [-0.2, 0) is 23.8 Å². The number of hydrogen-bond acceptors (Lipinski definition) is 10. The van der Waals surface area contributed by atoms with E-state index >= 15 is 0 Å². The molecule has 12 heteroatoms. The van der Waals surface area contributed by atoms with Gasteiger partial charge in [0.05, 0.1) is 5.88 Å². The minimum absolute atomic E-state index is 0. The van der Waals surface area contributed by atoms with Crippen molar-refractivity contribution >= 4 is 58.0 Å². The SMILES string of the molecule is CC(=O)OCC1CSC(=O)O1.C[C-]=O.O=C1OC(CCl)CS1.[Na+].[OH-]. The third kappa shape index (κ3) is 15.6. The molecule has 0 aliphatic carbocycles. The average Bonchev–Trinajstić information content (AvgIpc) is 3.06. The molecule has 2 unspecified atom stereocenters. The molecule has 0 bridgehead atoms. The van der Waals surface area contributed by atoms with Crippen LogP contribution in [0.4, 0.5) is 9.59 Å². The zero-order valence-electron chi connectivity index (χ0n) is 13.5. The molecule has 0 aromatic carbocycles. The first-order valence-electron chi connectivity index (χ1n) is 6.07. The Hall–Kier alpha value is 0.0300. The molecule has 0 spiro atoms. The Bertz CT molecular complexity index is 399. The van der Waals surface area contributed by atoms with Crippen LogP contribution in [-0.4, -0.2) is 64.5 Å². The molecule has 2 rings (SSSR count). The fourth-order valence-corrected chi connectivity index (χ4v) is 2.80. The van der Waals surface area contributed by atoms with Gasteiger partial charge in [0, 0.05) is 18.4 Å². The van der Waals surface area contributed by atoms with Crippen LogP contribution in [0.25, 0.3) is 0 Å². The zero-order valence-corrected chi connectivity index (χ0v) is 17.9. The monoisotopic (exact) mass is 411 g/mol. The van der Waals surface area contributed by atoms with Gasteiger partial charge in [0.2, 0.25) is 0 Å². The van der Waals surface area contributed by atoms with E-state index in [2.05, 4.69) is 4.74 Å². The minimum Gasteiger partial charge on any atom is -0.870 e. The van der Waals surface area contributed by atoms with Crippen molar-refractivity contribution in [2.24, 2.45) is 0 Å². The summed E-state index contributed by atoms with van der Waals surface area (Å²) in [6.07, 6.45) is 1.20. The number of alkyl halides is 1. The summed E-state index contributed by atoms with van der Waals surface area (Å²) in [7, 11) is 0. The van der Waals surface area contributed by atoms with Crippen molar-refractivity contribution in [1.82, 2.24) is 0 Å². The molecule has 0 radical (unpaired) electrons. The number of hydrogen-bond donors (Lipinski definition) is 0. The summed E-state index contributed by atoms with van der Waals surface area (Å²) in [6.45, 7) is 2.82. The quantitative estimate of drug-likeness (QED) is 0.192. The first-order valence-corrected chi connectivity index (χ1v) is 8.58. The van der Waals surface area contributed by atoms with Gasteiger partial charge in [0.1, 0.15) is 18.8 Å². The van der Waals surface area contributed by atoms with E-state index in [-0.39, 0.29) is 70.4 Å². The fraction of sp³-hybridized carbons (Fsp3) is 0.667. The van der Waals surface area contributed by atoms with Crippen molar-refractivity contribution in [3.05, 3.63) is 0 Å². The van der Waals surface area contributed by atoms with Gasteiger partial charge in [-0.2, -0.15) is 6.92 Å². The van der Waals surface area contributed by atoms with E-state index in [1.807, 2.05) is 0 Å². The van der Waals surface area contributed by atoms with Gasteiger partial charge < -0.3 is 24.5 Å². The van der Waals surface area contributed by atoms with Gasteiger partial charge >= 0.3 is 46.1 Å². The van der Waals surface area contributed by atoms with Crippen LogP contribution in [0.1, 0.15) is 13.8 Å². The van der Waals surface area contributed by atoms with Crippen molar-refractivity contribution in [3.63, 3.8) is 0 Å². The van der Waals surface area contributed by atoms with E-state index in [1.165, 1.54) is 31.9 Å². The second-order valence-electron chi connectivity index (χ2n) is 3.76. The second kappa shape index (κ2) is 17.8. The van der Waals surface area contributed by atoms with Gasteiger partial charge in [-0.15, -0.1) is 11.6 Å². The minimum atomic E-state index is -0.349. The number of ether oxygens (including phenoxy) is 3. The molecule has 0 amide bonds. The second-order valence-corrected chi connectivity index (χ2v) is 5.98. The smallest absolute Gasteiger partial charge is 0.870 e. The molecule has 2 saturated heterocycles. The summed E-state index contributed by atoms with van der Waals surface area (Å²) in [5.74, 6) is 1.35. The maximum Gasteiger partial charge on any atom is 1.00 e. The van der Waals surface area contributed by atoms with Crippen LogP contribution in [0.15, 0.2) is 0 Å². The van der Waals surface area contributed by atoms with Crippen molar-refractivity contribution in [3.8, 4) is 0 Å². The van der Waals surface area contributed by atoms with Crippen LogP contribution in [0.3, 0.4) is 0 Å². The van der Waals surface area contributed by atoms with Crippen molar-refractivity contribution in [2.75, 3.05) is 24.0 Å². The predicted molar refractivity (Wildman–Crippen MR) is 86.1 cm³/mol. The van der Waals surface area contributed by atoms with Crippen LogP contribution in [0, 0.1) is 0 Å². The number of thioether (sulfide) groups is 2. The molecular formula is C12H17ClNaO8S2-. The average molecular weight is 412 g/mol. The summed E-state index contributed by atoms with van der Waals surface area (Å²) in [5, 5.41) is -0.488. The third-order valence-corrected chi connectivity index (χ3v) is 4.03. The molecule has 134 valence electrons. The Morgan fingerprint density at radius 3 is 1.92 bits per heavy atom. The number of halogens is 1. The fourth-order valence-electron chi connectivity index (χ4n) is 1.10. The third-order valence-electron chi connectivity index (χ3n) is 1.94. The summed E-state index contributed by atoms with van der Waals surface area (Å²) >= 11 is 7.67. The Labute approximate surface area is 175 Å². The molecule has 24 heavy (non-hydrogen) atoms. The van der Waals surface area contributed by atoms with E-state index in [1.54, 1.807) is 0 Å². The molecule has 2 aliphatic rings. The Balaban J connectivity index is -0.000000303. The van der Waals surface area contributed by atoms with Gasteiger partial charge in [0.15, 0.2) is 0 Å². The maximum atomic E-state index is 10.5. The molecule has 0 aromatic heterocycles. The summed E-state index contributed by atoms with van der Waals surface area (Å²) in [6, 6.07) is 0. The van der Waals surface area contributed by atoms with E-state index < -0.39 is 0 Å². The zero-order chi connectivity index (χ0) is 17.0. The van der Waals surface area contributed by atoms with Crippen LogP contribution < -0.4 is 29.6 Å². The Kier molecular flexibility index (Phi) is 21.4. The molecule has 8 nitrogen and oxygen atoms in total. The van der Waals surface area contributed by atoms with Gasteiger partial charge in [-0.3, -0.25) is 11.1 Å². The summed E-state index contributed by atoms with van der Waals surface area (Å²) < 4.78 is 14.1. The molecule has 0 aromatic rings. The predicted octanol–water partition coefficient (Wildman–Crippen LogP) is -0.778. The standard InChI is InChI=1S/C6H8O4S.C4H5ClO2S.C2H3O.Na.H2O/c1-4(7)9-2-5-3-11-6(8)10-5;5-1-3-2-8-4(6)7-3;1-2-3;;/h5H,2-3H2,1H3;3H,1-2H2;1H3;;1H2/q;;-1;+1;/p-1. The van der Waals surface area contributed by atoms with Crippen LogP contribution in [0.5, 0.6) is 0 Å². The molecule has 0 saturated carbocycles. The van der Waals surface area contributed by atoms with Crippen molar-refractivity contribution < 1.29 is 68.4 Å². The molecular weight excluding hydrogens is 395 g/mol. The van der Waals surface area contributed by atoms with Gasteiger partial charge in [-0.1, -0.05) is 0 Å². The summed E-state index contributed by atoms with van der Waals surface area (Å²) in [4.78, 5) is 39.8. The number of esters is 1. The van der Waals surface area contributed by atoms with E-state index in [0.717, 1.165) is 11.8 Å². The first kappa shape index (κ1) is 28.8.